The molecule has 0 saturated carbocycles. The second-order valence-electron chi connectivity index (χ2n) is 4.87. The van der Waals surface area contributed by atoms with E-state index < -0.39 is 0 Å². The molecule has 1 heterocycles. The molecule has 106 valence electrons. The first-order valence-corrected chi connectivity index (χ1v) is 8.12. The molecule has 3 nitrogen and oxygen atoms in total. The summed E-state index contributed by atoms with van der Waals surface area (Å²) in [6, 6.07) is 9.76. The zero-order valence-electron chi connectivity index (χ0n) is 11.6. The third-order valence-electron chi connectivity index (χ3n) is 3.04. The van der Waals surface area contributed by atoms with Crippen LogP contribution in [0.15, 0.2) is 40.2 Å². The number of rotatable bonds is 5. The van der Waals surface area contributed by atoms with Gasteiger partial charge in [-0.25, -0.2) is 0 Å². The van der Waals surface area contributed by atoms with Crippen molar-refractivity contribution in [3.63, 3.8) is 0 Å². The SMILES string of the molecule is Cc1ccsc1C[NH+](C)CC(=O)Nc1ccccc1Br. The average molecular weight is 354 g/mol. The molecule has 5 heteroatoms. The minimum absolute atomic E-state index is 0.0311. The van der Waals surface area contributed by atoms with Gasteiger partial charge in [0.2, 0.25) is 0 Å². The first kappa shape index (κ1) is 15.2. The Hall–Kier alpha value is -1.17. The first-order valence-electron chi connectivity index (χ1n) is 6.45. The van der Waals surface area contributed by atoms with Crippen LogP contribution in [0.2, 0.25) is 0 Å². The summed E-state index contributed by atoms with van der Waals surface area (Å²) in [5.74, 6) is 0.0311. The lowest BCUT2D eigenvalue weighted by Gasteiger charge is -2.14. The van der Waals surface area contributed by atoms with Gasteiger partial charge in [0.15, 0.2) is 6.54 Å². The number of para-hydroxylation sites is 1. The maximum Gasteiger partial charge on any atom is 0.279 e. The Bertz CT molecular complexity index is 597. The first-order chi connectivity index (χ1) is 9.56. The molecule has 2 N–H and O–H groups in total. The third kappa shape index (κ3) is 4.16. The number of carbonyl (C=O) groups is 1. The summed E-state index contributed by atoms with van der Waals surface area (Å²) in [5.41, 5.74) is 2.12. The van der Waals surface area contributed by atoms with Crippen LogP contribution < -0.4 is 10.2 Å². The van der Waals surface area contributed by atoms with Crippen LogP contribution in [0.3, 0.4) is 0 Å². The minimum atomic E-state index is 0.0311. The molecular weight excluding hydrogens is 336 g/mol. The number of carbonyl (C=O) groups excluding carboxylic acids is 1. The van der Waals surface area contributed by atoms with Gasteiger partial charge in [-0.05, 0) is 52.0 Å². The van der Waals surface area contributed by atoms with Crippen LogP contribution in [-0.2, 0) is 11.3 Å². The van der Waals surface area contributed by atoms with E-state index in [1.165, 1.54) is 15.3 Å². The van der Waals surface area contributed by atoms with Crippen molar-refractivity contribution in [3.8, 4) is 0 Å². The largest absolute Gasteiger partial charge is 0.325 e. The van der Waals surface area contributed by atoms with Gasteiger partial charge in [0.1, 0.15) is 6.54 Å². The van der Waals surface area contributed by atoms with Crippen LogP contribution in [0, 0.1) is 6.92 Å². The van der Waals surface area contributed by atoms with Crippen LogP contribution in [0.4, 0.5) is 5.69 Å². The van der Waals surface area contributed by atoms with Crippen molar-refractivity contribution >= 4 is 38.9 Å². The lowest BCUT2D eigenvalue weighted by molar-refractivity contribution is -0.884. The summed E-state index contributed by atoms with van der Waals surface area (Å²) >= 11 is 5.18. The van der Waals surface area contributed by atoms with E-state index in [9.17, 15) is 4.79 Å². The maximum absolute atomic E-state index is 12.0. The predicted molar refractivity (Wildman–Crippen MR) is 87.3 cm³/mol. The topological polar surface area (TPSA) is 33.5 Å². The van der Waals surface area contributed by atoms with E-state index in [0.29, 0.717) is 6.54 Å². The number of quaternary nitrogens is 1. The summed E-state index contributed by atoms with van der Waals surface area (Å²) in [6.07, 6.45) is 0. The van der Waals surface area contributed by atoms with Gasteiger partial charge in [0, 0.05) is 4.47 Å². The molecule has 20 heavy (non-hydrogen) atoms. The second-order valence-corrected chi connectivity index (χ2v) is 6.72. The molecule has 0 aliphatic heterocycles. The van der Waals surface area contributed by atoms with E-state index in [1.54, 1.807) is 11.3 Å². The molecule has 1 atom stereocenters. The molecule has 2 aromatic rings. The van der Waals surface area contributed by atoms with E-state index in [-0.39, 0.29) is 5.91 Å². The fourth-order valence-corrected chi connectivity index (χ4v) is 3.36. The lowest BCUT2D eigenvalue weighted by Crippen LogP contribution is -3.08. The number of halogens is 1. The molecule has 2 rings (SSSR count). The number of nitrogens with one attached hydrogen (secondary N) is 2. The van der Waals surface area contributed by atoms with Crippen molar-refractivity contribution in [1.82, 2.24) is 0 Å². The zero-order chi connectivity index (χ0) is 14.5. The Morgan fingerprint density at radius 1 is 1.35 bits per heavy atom. The third-order valence-corrected chi connectivity index (χ3v) is 4.76. The highest BCUT2D eigenvalue weighted by Gasteiger charge is 2.13. The van der Waals surface area contributed by atoms with E-state index in [1.807, 2.05) is 31.3 Å². The summed E-state index contributed by atoms with van der Waals surface area (Å²) < 4.78 is 0.903. The van der Waals surface area contributed by atoms with Gasteiger partial charge in [-0.3, -0.25) is 4.79 Å². The van der Waals surface area contributed by atoms with Crippen LogP contribution in [-0.4, -0.2) is 19.5 Å². The number of benzene rings is 1. The Morgan fingerprint density at radius 2 is 2.10 bits per heavy atom. The summed E-state index contributed by atoms with van der Waals surface area (Å²) in [6.45, 7) is 3.45. The summed E-state index contributed by atoms with van der Waals surface area (Å²) in [7, 11) is 2.04. The Balaban J connectivity index is 1.88. The molecule has 0 bridgehead atoms. The second kappa shape index (κ2) is 7.02. The van der Waals surface area contributed by atoms with Crippen LogP contribution in [0.5, 0.6) is 0 Å². The molecule has 1 amide bonds. The number of hydrogen-bond donors (Lipinski definition) is 2. The molecule has 0 radical (unpaired) electrons. The number of amides is 1. The number of likely N-dealkylation sites (N-methyl/N-ethyl adjacent to an activating group) is 1. The average Bonchev–Trinajstić information content (AvgIpc) is 2.77. The van der Waals surface area contributed by atoms with Crippen LogP contribution in [0.25, 0.3) is 0 Å². The highest BCUT2D eigenvalue weighted by molar-refractivity contribution is 9.10. The van der Waals surface area contributed by atoms with Gasteiger partial charge in [0.25, 0.3) is 5.91 Å². The molecule has 0 aliphatic rings. The number of anilines is 1. The van der Waals surface area contributed by atoms with Crippen LogP contribution >= 0.6 is 27.3 Å². The number of thiophene rings is 1. The fraction of sp³-hybridized carbons (Fsp3) is 0.267. The molecule has 0 saturated heterocycles. The minimum Gasteiger partial charge on any atom is -0.325 e. The lowest BCUT2D eigenvalue weighted by atomic mass is 10.3. The molecule has 0 spiro atoms. The van der Waals surface area contributed by atoms with Gasteiger partial charge in [0.05, 0.1) is 17.6 Å². The molecule has 1 unspecified atom stereocenters. The highest BCUT2D eigenvalue weighted by Crippen LogP contribution is 2.20. The smallest absolute Gasteiger partial charge is 0.279 e. The van der Waals surface area contributed by atoms with Crippen molar-refractivity contribution in [3.05, 3.63) is 50.6 Å². The van der Waals surface area contributed by atoms with Gasteiger partial charge >= 0.3 is 0 Å². The quantitative estimate of drug-likeness (QED) is 0.850. The van der Waals surface area contributed by atoms with E-state index >= 15 is 0 Å². The normalized spacial score (nSPS) is 12.2. The van der Waals surface area contributed by atoms with Crippen molar-refractivity contribution in [2.24, 2.45) is 0 Å². The number of hydrogen-bond acceptors (Lipinski definition) is 2. The van der Waals surface area contributed by atoms with Crippen molar-refractivity contribution < 1.29 is 9.69 Å². The highest BCUT2D eigenvalue weighted by atomic mass is 79.9. The van der Waals surface area contributed by atoms with Gasteiger partial charge < -0.3 is 10.2 Å². The van der Waals surface area contributed by atoms with Crippen molar-refractivity contribution in [2.45, 2.75) is 13.5 Å². The molecule has 1 aromatic carbocycles. The van der Waals surface area contributed by atoms with Crippen molar-refractivity contribution in [2.75, 3.05) is 18.9 Å². The van der Waals surface area contributed by atoms with Gasteiger partial charge in [-0.15, -0.1) is 11.3 Å². The summed E-state index contributed by atoms with van der Waals surface area (Å²) in [5, 5.41) is 5.03. The number of aryl methyl sites for hydroxylation is 1. The monoisotopic (exact) mass is 353 g/mol. The maximum atomic E-state index is 12.0. The molecule has 0 aliphatic carbocycles. The van der Waals surface area contributed by atoms with Gasteiger partial charge in [-0.2, -0.15) is 0 Å². The molecular formula is C15H18BrN2OS+. The van der Waals surface area contributed by atoms with E-state index in [0.717, 1.165) is 16.7 Å². The fourth-order valence-electron chi connectivity index (χ4n) is 1.95. The molecule has 1 aromatic heterocycles. The van der Waals surface area contributed by atoms with Crippen LogP contribution in [0.1, 0.15) is 10.4 Å². The predicted octanol–water partition coefficient (Wildman–Crippen LogP) is 2.47. The standard InChI is InChI=1S/C15H17BrN2OS/c1-11-7-8-20-14(11)9-18(2)10-15(19)17-13-6-4-3-5-12(13)16/h3-8H,9-10H2,1-2H3,(H,17,19)/p+1. The Labute approximate surface area is 131 Å². The van der Waals surface area contributed by atoms with E-state index in [2.05, 4.69) is 39.6 Å². The Morgan fingerprint density at radius 3 is 2.75 bits per heavy atom. The van der Waals surface area contributed by atoms with Gasteiger partial charge in [-0.1, -0.05) is 12.1 Å². The molecule has 0 fully saturated rings. The zero-order valence-corrected chi connectivity index (χ0v) is 14.0. The van der Waals surface area contributed by atoms with E-state index in [4.69, 9.17) is 0 Å². The summed E-state index contributed by atoms with van der Waals surface area (Å²) in [4.78, 5) is 14.6. The van der Waals surface area contributed by atoms with Crippen molar-refractivity contribution in [1.29, 1.82) is 0 Å². The Kier molecular flexibility index (Phi) is 5.34.